The predicted octanol–water partition coefficient (Wildman–Crippen LogP) is 5.22. The van der Waals surface area contributed by atoms with Gasteiger partial charge in [0.25, 0.3) is 5.91 Å². The van der Waals surface area contributed by atoms with Crippen molar-refractivity contribution in [1.82, 2.24) is 4.90 Å². The Labute approximate surface area is 159 Å². The molecule has 1 amide bonds. The lowest BCUT2D eigenvalue weighted by Crippen LogP contribution is -2.17. The van der Waals surface area contributed by atoms with Gasteiger partial charge >= 0.3 is 0 Å². The van der Waals surface area contributed by atoms with Crippen molar-refractivity contribution in [2.75, 3.05) is 12.4 Å². The van der Waals surface area contributed by atoms with Crippen LogP contribution in [0.5, 0.6) is 0 Å². The largest absolute Gasteiger partial charge is 0.322 e. The van der Waals surface area contributed by atoms with E-state index >= 15 is 0 Å². The number of amides is 1. The lowest BCUT2D eigenvalue weighted by Gasteiger charge is -2.17. The number of benzene rings is 3. The van der Waals surface area contributed by atoms with Crippen LogP contribution < -0.4 is 5.32 Å². The van der Waals surface area contributed by atoms with E-state index in [2.05, 4.69) is 17.3 Å². The maximum Gasteiger partial charge on any atom is 0.255 e. The summed E-state index contributed by atoms with van der Waals surface area (Å²) in [4.78, 5) is 14.5. The number of anilines is 1. The first-order chi connectivity index (χ1) is 12.6. The summed E-state index contributed by atoms with van der Waals surface area (Å²) in [6, 6.07) is 25.1. The van der Waals surface area contributed by atoms with Gasteiger partial charge in [-0.15, -0.1) is 0 Å². The number of carbonyl (C=O) groups is 1. The quantitative estimate of drug-likeness (QED) is 0.650. The third-order valence-corrected chi connectivity index (χ3v) is 4.32. The van der Waals surface area contributed by atoms with Crippen molar-refractivity contribution in [3.63, 3.8) is 0 Å². The lowest BCUT2D eigenvalue weighted by atomic mass is 10.1. The summed E-state index contributed by atoms with van der Waals surface area (Å²) in [5, 5.41) is 3.65. The molecule has 3 nitrogen and oxygen atoms in total. The predicted molar refractivity (Wildman–Crippen MR) is 107 cm³/mol. The maximum atomic E-state index is 12.3. The Bertz CT molecular complexity index is 846. The van der Waals surface area contributed by atoms with Gasteiger partial charge in [-0.1, -0.05) is 54.1 Å². The van der Waals surface area contributed by atoms with E-state index in [1.165, 1.54) is 5.56 Å². The Morgan fingerprint density at radius 3 is 1.96 bits per heavy atom. The van der Waals surface area contributed by atoms with Gasteiger partial charge in [0.15, 0.2) is 0 Å². The molecular weight excluding hydrogens is 344 g/mol. The van der Waals surface area contributed by atoms with E-state index < -0.39 is 0 Å². The van der Waals surface area contributed by atoms with E-state index in [0.717, 1.165) is 29.4 Å². The molecule has 26 heavy (non-hydrogen) atoms. The summed E-state index contributed by atoms with van der Waals surface area (Å²) in [6.45, 7) is 1.65. The standard InChI is InChI=1S/C22H21ClN2O/c1-25(16-18-9-13-20(23)14-10-18)15-17-7-11-19(12-8-17)22(26)24-21-5-3-2-4-6-21/h2-14H,15-16H2,1H3,(H,24,26). The zero-order valence-corrected chi connectivity index (χ0v) is 15.4. The molecule has 0 fully saturated rings. The Morgan fingerprint density at radius 2 is 1.38 bits per heavy atom. The molecule has 0 radical (unpaired) electrons. The molecule has 0 saturated carbocycles. The number of nitrogens with one attached hydrogen (secondary N) is 1. The zero-order chi connectivity index (χ0) is 18.4. The van der Waals surface area contributed by atoms with Crippen LogP contribution in [0.2, 0.25) is 5.02 Å². The molecule has 4 heteroatoms. The fourth-order valence-corrected chi connectivity index (χ4v) is 2.88. The maximum absolute atomic E-state index is 12.3. The number of rotatable bonds is 6. The lowest BCUT2D eigenvalue weighted by molar-refractivity contribution is 0.102. The van der Waals surface area contributed by atoms with E-state index in [1.54, 1.807) is 0 Å². The van der Waals surface area contributed by atoms with Crippen LogP contribution in [0.15, 0.2) is 78.9 Å². The van der Waals surface area contributed by atoms with Gasteiger partial charge in [-0.25, -0.2) is 0 Å². The summed E-state index contributed by atoms with van der Waals surface area (Å²) in [5.41, 5.74) is 3.83. The Balaban J connectivity index is 1.56. The van der Waals surface area contributed by atoms with Crippen LogP contribution in [-0.4, -0.2) is 17.9 Å². The van der Waals surface area contributed by atoms with Crippen LogP contribution in [0.3, 0.4) is 0 Å². The molecule has 3 rings (SSSR count). The second-order valence-electron chi connectivity index (χ2n) is 6.32. The number of para-hydroxylation sites is 1. The van der Waals surface area contributed by atoms with Gasteiger partial charge in [-0.2, -0.15) is 0 Å². The molecule has 3 aromatic rings. The van der Waals surface area contributed by atoms with Crippen LogP contribution in [0.25, 0.3) is 0 Å². The molecule has 0 aliphatic heterocycles. The van der Waals surface area contributed by atoms with Crippen molar-refractivity contribution in [3.8, 4) is 0 Å². The minimum Gasteiger partial charge on any atom is -0.322 e. The summed E-state index contributed by atoms with van der Waals surface area (Å²) in [5.74, 6) is -0.0998. The Kier molecular flexibility index (Phi) is 6.05. The number of carbonyl (C=O) groups excluding carboxylic acids is 1. The average Bonchev–Trinajstić information content (AvgIpc) is 2.65. The average molecular weight is 365 g/mol. The first-order valence-corrected chi connectivity index (χ1v) is 8.86. The molecule has 0 unspecified atom stereocenters. The smallest absolute Gasteiger partial charge is 0.255 e. The molecule has 0 saturated heterocycles. The van der Waals surface area contributed by atoms with Gasteiger partial charge in [0.2, 0.25) is 0 Å². The number of nitrogens with zero attached hydrogens (tertiary/aromatic N) is 1. The molecule has 3 aromatic carbocycles. The first kappa shape index (κ1) is 18.2. The highest BCUT2D eigenvalue weighted by Gasteiger charge is 2.07. The Hall–Kier alpha value is -2.62. The van der Waals surface area contributed by atoms with E-state index in [-0.39, 0.29) is 5.91 Å². The van der Waals surface area contributed by atoms with Crippen molar-refractivity contribution in [3.05, 3.63) is 101 Å². The molecule has 0 aromatic heterocycles. The minimum atomic E-state index is -0.0998. The van der Waals surface area contributed by atoms with Crippen molar-refractivity contribution in [1.29, 1.82) is 0 Å². The third kappa shape index (κ3) is 5.19. The summed E-state index contributed by atoms with van der Waals surface area (Å²) >= 11 is 5.92. The number of hydrogen-bond donors (Lipinski definition) is 1. The van der Waals surface area contributed by atoms with Gasteiger partial charge in [0.05, 0.1) is 0 Å². The summed E-state index contributed by atoms with van der Waals surface area (Å²) in [7, 11) is 2.07. The fourth-order valence-electron chi connectivity index (χ4n) is 2.76. The molecule has 0 aliphatic rings. The molecule has 1 N–H and O–H groups in total. The highest BCUT2D eigenvalue weighted by atomic mass is 35.5. The highest BCUT2D eigenvalue weighted by molar-refractivity contribution is 6.30. The van der Waals surface area contributed by atoms with Crippen LogP contribution in [0, 0.1) is 0 Å². The van der Waals surface area contributed by atoms with Crippen molar-refractivity contribution < 1.29 is 4.79 Å². The minimum absolute atomic E-state index is 0.0998. The van der Waals surface area contributed by atoms with Crippen LogP contribution in [0.4, 0.5) is 5.69 Å². The van der Waals surface area contributed by atoms with E-state index in [1.807, 2.05) is 78.9 Å². The van der Waals surface area contributed by atoms with Crippen LogP contribution >= 0.6 is 11.6 Å². The van der Waals surface area contributed by atoms with Crippen molar-refractivity contribution in [2.24, 2.45) is 0 Å². The van der Waals surface area contributed by atoms with Crippen LogP contribution in [0.1, 0.15) is 21.5 Å². The number of hydrogen-bond acceptors (Lipinski definition) is 2. The zero-order valence-electron chi connectivity index (χ0n) is 14.7. The molecule has 0 aliphatic carbocycles. The number of halogens is 1. The normalized spacial score (nSPS) is 10.7. The molecule has 0 spiro atoms. The van der Waals surface area contributed by atoms with E-state index in [4.69, 9.17) is 11.6 Å². The molecule has 0 heterocycles. The SMILES string of the molecule is CN(Cc1ccc(Cl)cc1)Cc1ccc(C(=O)Nc2ccccc2)cc1. The summed E-state index contributed by atoms with van der Waals surface area (Å²) < 4.78 is 0. The fraction of sp³-hybridized carbons (Fsp3) is 0.136. The Morgan fingerprint density at radius 1 is 0.846 bits per heavy atom. The molecule has 0 atom stereocenters. The van der Waals surface area contributed by atoms with Gasteiger partial charge < -0.3 is 5.32 Å². The van der Waals surface area contributed by atoms with Gasteiger partial charge in [-0.05, 0) is 54.6 Å². The van der Waals surface area contributed by atoms with E-state index in [9.17, 15) is 4.79 Å². The van der Waals surface area contributed by atoms with Gasteiger partial charge in [-0.3, -0.25) is 9.69 Å². The second kappa shape index (κ2) is 8.65. The summed E-state index contributed by atoms with van der Waals surface area (Å²) in [6.07, 6.45) is 0. The monoisotopic (exact) mass is 364 g/mol. The topological polar surface area (TPSA) is 32.3 Å². The molecular formula is C22H21ClN2O. The highest BCUT2D eigenvalue weighted by Crippen LogP contribution is 2.14. The van der Waals surface area contributed by atoms with Crippen LogP contribution in [-0.2, 0) is 13.1 Å². The second-order valence-corrected chi connectivity index (χ2v) is 6.75. The van der Waals surface area contributed by atoms with Gasteiger partial charge in [0, 0.05) is 29.4 Å². The molecule has 0 bridgehead atoms. The third-order valence-electron chi connectivity index (χ3n) is 4.07. The van der Waals surface area contributed by atoms with E-state index in [0.29, 0.717) is 5.56 Å². The first-order valence-electron chi connectivity index (χ1n) is 8.48. The van der Waals surface area contributed by atoms with Gasteiger partial charge in [0.1, 0.15) is 0 Å². The molecule has 132 valence electrons. The van der Waals surface area contributed by atoms with Crippen molar-refractivity contribution >= 4 is 23.2 Å². The van der Waals surface area contributed by atoms with Crippen molar-refractivity contribution in [2.45, 2.75) is 13.1 Å².